The highest BCUT2D eigenvalue weighted by Gasteiger charge is 2.42. The monoisotopic (exact) mass is 258 g/mol. The third kappa shape index (κ3) is 1.33. The maximum Gasteiger partial charge on any atom is 0.235 e. The molecule has 1 fully saturated rings. The number of methoxy groups -OCH3 is 1. The first-order chi connectivity index (χ1) is 9.20. The van der Waals surface area contributed by atoms with Gasteiger partial charge in [-0.2, -0.15) is 4.52 Å². The number of aromatic nitrogens is 4. The summed E-state index contributed by atoms with van der Waals surface area (Å²) < 4.78 is 7.38. The van der Waals surface area contributed by atoms with Crippen molar-refractivity contribution >= 4 is 5.65 Å². The van der Waals surface area contributed by atoms with Gasteiger partial charge in [-0.15, -0.1) is 15.3 Å². The fourth-order valence-corrected chi connectivity index (χ4v) is 4.02. The maximum absolute atomic E-state index is 5.55. The molecule has 0 saturated heterocycles. The van der Waals surface area contributed by atoms with E-state index in [0.717, 1.165) is 23.3 Å². The Balaban J connectivity index is 2.10. The minimum absolute atomic E-state index is 0.583. The largest absolute Gasteiger partial charge is 0.480 e. The lowest BCUT2D eigenvalue weighted by molar-refractivity contribution is 0.255. The Morgan fingerprint density at radius 1 is 1.21 bits per heavy atom. The summed E-state index contributed by atoms with van der Waals surface area (Å²) in [4.78, 5) is 0. The molecule has 1 saturated carbocycles. The van der Waals surface area contributed by atoms with Gasteiger partial charge in [0.15, 0.2) is 11.5 Å². The van der Waals surface area contributed by atoms with E-state index in [9.17, 15) is 0 Å². The van der Waals surface area contributed by atoms with Crippen LogP contribution in [0.2, 0.25) is 0 Å². The van der Waals surface area contributed by atoms with E-state index in [-0.39, 0.29) is 0 Å². The predicted molar refractivity (Wildman–Crippen MR) is 70.6 cm³/mol. The number of nitrogens with zero attached hydrogens (tertiary/aromatic N) is 4. The standard InChI is InChI=1S/C14H18N4O/c1-7-6-9-4-5-10(7)12-11(9)14(19-3)17-18-8(2)15-16-13(12)18/h7,9-10H,4-6H2,1-3H3. The summed E-state index contributed by atoms with van der Waals surface area (Å²) in [6.45, 7) is 4.29. The molecule has 2 bridgehead atoms. The highest BCUT2D eigenvalue weighted by Crippen LogP contribution is 2.55. The van der Waals surface area contributed by atoms with Crippen LogP contribution in [0.25, 0.3) is 5.65 Å². The van der Waals surface area contributed by atoms with E-state index >= 15 is 0 Å². The van der Waals surface area contributed by atoms with Gasteiger partial charge >= 0.3 is 0 Å². The predicted octanol–water partition coefficient (Wildman–Crippen LogP) is 2.44. The van der Waals surface area contributed by atoms with E-state index in [4.69, 9.17) is 4.74 Å². The van der Waals surface area contributed by atoms with E-state index in [1.807, 2.05) is 11.4 Å². The summed E-state index contributed by atoms with van der Waals surface area (Å²) in [6, 6.07) is 0. The number of hydrogen-bond donors (Lipinski definition) is 0. The summed E-state index contributed by atoms with van der Waals surface area (Å²) in [5, 5.41) is 13.1. The van der Waals surface area contributed by atoms with E-state index in [0.29, 0.717) is 11.8 Å². The first-order valence-corrected chi connectivity index (χ1v) is 7.00. The van der Waals surface area contributed by atoms with Crippen LogP contribution in [0.1, 0.15) is 55.0 Å². The first kappa shape index (κ1) is 11.2. The van der Waals surface area contributed by atoms with Crippen molar-refractivity contribution < 1.29 is 4.74 Å². The van der Waals surface area contributed by atoms with Crippen molar-refractivity contribution in [1.29, 1.82) is 0 Å². The number of hydrogen-bond acceptors (Lipinski definition) is 4. The lowest BCUT2D eigenvalue weighted by atomic mass is 9.63. The number of fused-ring (bicyclic) bond motifs is 3. The van der Waals surface area contributed by atoms with Crippen molar-refractivity contribution in [2.24, 2.45) is 5.92 Å². The van der Waals surface area contributed by atoms with Crippen LogP contribution in [0, 0.1) is 12.8 Å². The molecule has 19 heavy (non-hydrogen) atoms. The van der Waals surface area contributed by atoms with Gasteiger partial charge in [0, 0.05) is 11.1 Å². The lowest BCUT2D eigenvalue weighted by Gasteiger charge is -2.42. The van der Waals surface area contributed by atoms with Crippen molar-refractivity contribution in [3.8, 4) is 5.88 Å². The minimum Gasteiger partial charge on any atom is -0.480 e. The van der Waals surface area contributed by atoms with E-state index in [2.05, 4.69) is 22.2 Å². The Labute approximate surface area is 112 Å². The second-order valence-electron chi connectivity index (χ2n) is 5.91. The van der Waals surface area contributed by atoms with Crippen LogP contribution < -0.4 is 4.74 Å². The average Bonchev–Trinajstić information content (AvgIpc) is 2.80. The summed E-state index contributed by atoms with van der Waals surface area (Å²) >= 11 is 0. The molecule has 3 atom stereocenters. The van der Waals surface area contributed by atoms with E-state index in [1.165, 1.54) is 30.4 Å². The average molecular weight is 258 g/mol. The van der Waals surface area contributed by atoms with Crippen molar-refractivity contribution in [1.82, 2.24) is 19.8 Å². The van der Waals surface area contributed by atoms with Crippen LogP contribution in [-0.4, -0.2) is 26.9 Å². The van der Waals surface area contributed by atoms with Crippen LogP contribution in [-0.2, 0) is 0 Å². The van der Waals surface area contributed by atoms with Gasteiger partial charge in [0.2, 0.25) is 5.88 Å². The number of aryl methyl sites for hydroxylation is 1. The second kappa shape index (κ2) is 3.68. The number of ether oxygens (including phenoxy) is 1. The van der Waals surface area contributed by atoms with Gasteiger partial charge in [0.25, 0.3) is 0 Å². The van der Waals surface area contributed by atoms with Gasteiger partial charge < -0.3 is 4.74 Å². The van der Waals surface area contributed by atoms with Gasteiger partial charge in [0.05, 0.1) is 7.11 Å². The Bertz CT molecular complexity index is 663. The van der Waals surface area contributed by atoms with Gasteiger partial charge in [-0.05, 0) is 43.9 Å². The van der Waals surface area contributed by atoms with Crippen LogP contribution in [0.5, 0.6) is 5.88 Å². The third-order valence-electron chi connectivity index (χ3n) is 4.89. The molecule has 3 aliphatic carbocycles. The van der Waals surface area contributed by atoms with Crippen molar-refractivity contribution in [3.63, 3.8) is 0 Å². The zero-order valence-corrected chi connectivity index (χ0v) is 11.6. The molecule has 5 heteroatoms. The third-order valence-corrected chi connectivity index (χ3v) is 4.89. The summed E-state index contributed by atoms with van der Waals surface area (Å²) in [5.74, 6) is 3.49. The summed E-state index contributed by atoms with van der Waals surface area (Å²) in [7, 11) is 1.71. The molecule has 0 radical (unpaired) electrons. The molecule has 0 spiro atoms. The molecular formula is C14H18N4O. The molecule has 3 unspecified atom stereocenters. The highest BCUT2D eigenvalue weighted by molar-refractivity contribution is 5.59. The van der Waals surface area contributed by atoms with Crippen LogP contribution in [0.4, 0.5) is 0 Å². The fraction of sp³-hybridized carbons (Fsp3) is 0.643. The van der Waals surface area contributed by atoms with Crippen LogP contribution in [0.3, 0.4) is 0 Å². The molecule has 100 valence electrons. The van der Waals surface area contributed by atoms with E-state index < -0.39 is 0 Å². The van der Waals surface area contributed by atoms with Crippen molar-refractivity contribution in [3.05, 3.63) is 17.0 Å². The molecule has 0 amide bonds. The molecule has 0 N–H and O–H groups in total. The van der Waals surface area contributed by atoms with Gasteiger partial charge in [-0.3, -0.25) is 0 Å². The Kier molecular flexibility index (Phi) is 2.17. The van der Waals surface area contributed by atoms with Gasteiger partial charge in [0.1, 0.15) is 0 Å². The number of rotatable bonds is 1. The van der Waals surface area contributed by atoms with Crippen molar-refractivity contribution in [2.45, 2.75) is 44.9 Å². The smallest absolute Gasteiger partial charge is 0.235 e. The molecular weight excluding hydrogens is 240 g/mol. The molecule has 3 aliphatic rings. The summed E-state index contributed by atoms with van der Waals surface area (Å²) in [5.41, 5.74) is 3.59. The zero-order valence-electron chi connectivity index (χ0n) is 11.6. The Morgan fingerprint density at radius 2 is 2.05 bits per heavy atom. The second-order valence-corrected chi connectivity index (χ2v) is 5.91. The highest BCUT2D eigenvalue weighted by atomic mass is 16.5. The van der Waals surface area contributed by atoms with Crippen molar-refractivity contribution in [2.75, 3.05) is 7.11 Å². The first-order valence-electron chi connectivity index (χ1n) is 7.00. The SMILES string of the molecule is COc1nn2c(C)nnc2c2c1C1CCC2C(C)C1. The normalized spacial score (nSPS) is 28.7. The van der Waals surface area contributed by atoms with Gasteiger partial charge in [-0.1, -0.05) is 6.92 Å². The molecule has 5 nitrogen and oxygen atoms in total. The Morgan fingerprint density at radius 3 is 2.79 bits per heavy atom. The molecule has 0 aliphatic heterocycles. The van der Waals surface area contributed by atoms with Gasteiger partial charge in [-0.25, -0.2) is 0 Å². The van der Waals surface area contributed by atoms with Crippen LogP contribution in [0.15, 0.2) is 0 Å². The minimum atomic E-state index is 0.583. The topological polar surface area (TPSA) is 52.3 Å². The fourth-order valence-electron chi connectivity index (χ4n) is 4.02. The molecule has 5 rings (SSSR count). The molecule has 2 heterocycles. The molecule has 0 aromatic carbocycles. The maximum atomic E-state index is 5.55. The van der Waals surface area contributed by atoms with Crippen LogP contribution >= 0.6 is 0 Å². The Hall–Kier alpha value is -1.65. The molecule has 2 aromatic rings. The zero-order chi connectivity index (χ0) is 13.1. The van der Waals surface area contributed by atoms with E-state index in [1.54, 1.807) is 7.11 Å². The lowest BCUT2D eigenvalue weighted by Crippen LogP contribution is -2.30. The molecule has 2 aromatic heterocycles. The summed E-state index contributed by atoms with van der Waals surface area (Å²) in [6.07, 6.45) is 3.76. The quantitative estimate of drug-likeness (QED) is 0.788.